The Hall–Kier alpha value is -2.57. The van der Waals surface area contributed by atoms with Crippen LogP contribution in [0.2, 0.25) is 0 Å². The number of carbonyl (C=O) groups excluding carboxylic acids is 1. The fourth-order valence-corrected chi connectivity index (χ4v) is 1.20. The summed E-state index contributed by atoms with van der Waals surface area (Å²) >= 11 is 0. The number of nitrogens with zero attached hydrogens (tertiary/aromatic N) is 2. The highest BCUT2D eigenvalue weighted by Crippen LogP contribution is 2.00. The van der Waals surface area contributed by atoms with E-state index in [4.69, 9.17) is 5.11 Å². The van der Waals surface area contributed by atoms with E-state index >= 15 is 0 Å². The van der Waals surface area contributed by atoms with Crippen LogP contribution in [0.1, 0.15) is 21.1 Å². The van der Waals surface area contributed by atoms with E-state index in [9.17, 15) is 9.59 Å². The van der Waals surface area contributed by atoms with Gasteiger partial charge in [-0.15, -0.1) is 0 Å². The smallest absolute Gasteiger partial charge is 0.354 e. The van der Waals surface area contributed by atoms with Crippen LogP contribution in [0.4, 0.5) is 0 Å². The van der Waals surface area contributed by atoms with Crippen molar-refractivity contribution in [2.45, 2.75) is 0 Å². The van der Waals surface area contributed by atoms with E-state index in [0.717, 1.165) is 4.68 Å². The number of carbonyl (C=O) groups is 2. The SMILES string of the molecule is O=C(Nn1cccc1C(=O)O)c1ncc[nH]1. The maximum atomic E-state index is 11.5. The van der Waals surface area contributed by atoms with Crippen LogP contribution >= 0.6 is 0 Å². The summed E-state index contributed by atoms with van der Waals surface area (Å²) in [5, 5.41) is 8.80. The second kappa shape index (κ2) is 3.89. The molecule has 0 saturated carbocycles. The third-order valence-corrected chi connectivity index (χ3v) is 1.90. The molecule has 7 nitrogen and oxygen atoms in total. The number of H-pyrrole nitrogens is 1. The Morgan fingerprint density at radius 3 is 2.94 bits per heavy atom. The van der Waals surface area contributed by atoms with Gasteiger partial charge in [0.25, 0.3) is 0 Å². The van der Waals surface area contributed by atoms with E-state index in [-0.39, 0.29) is 11.5 Å². The molecule has 82 valence electrons. The molecule has 0 spiro atoms. The van der Waals surface area contributed by atoms with E-state index in [0.29, 0.717) is 0 Å². The van der Waals surface area contributed by atoms with Gasteiger partial charge < -0.3 is 10.1 Å². The zero-order valence-electron chi connectivity index (χ0n) is 8.04. The van der Waals surface area contributed by atoms with Crippen molar-refractivity contribution in [3.63, 3.8) is 0 Å². The van der Waals surface area contributed by atoms with E-state index in [2.05, 4.69) is 15.4 Å². The van der Waals surface area contributed by atoms with Crippen molar-refractivity contribution in [1.29, 1.82) is 0 Å². The number of nitrogens with one attached hydrogen (secondary N) is 2. The van der Waals surface area contributed by atoms with E-state index in [1.165, 1.54) is 30.7 Å². The van der Waals surface area contributed by atoms with Crippen molar-refractivity contribution >= 4 is 11.9 Å². The molecule has 0 aliphatic rings. The molecule has 16 heavy (non-hydrogen) atoms. The second-order valence-electron chi connectivity index (χ2n) is 2.95. The Bertz CT molecular complexity index is 515. The molecule has 2 rings (SSSR count). The quantitative estimate of drug-likeness (QED) is 0.692. The third-order valence-electron chi connectivity index (χ3n) is 1.90. The Morgan fingerprint density at radius 1 is 1.50 bits per heavy atom. The first-order valence-electron chi connectivity index (χ1n) is 4.40. The van der Waals surface area contributed by atoms with Crippen LogP contribution in [0.5, 0.6) is 0 Å². The van der Waals surface area contributed by atoms with Gasteiger partial charge in [0.1, 0.15) is 5.69 Å². The topological polar surface area (TPSA) is 100 Å². The fourth-order valence-electron chi connectivity index (χ4n) is 1.20. The molecule has 0 atom stereocenters. The summed E-state index contributed by atoms with van der Waals surface area (Å²) in [5.41, 5.74) is 2.35. The highest BCUT2D eigenvalue weighted by Gasteiger charge is 2.13. The summed E-state index contributed by atoms with van der Waals surface area (Å²) in [4.78, 5) is 28.6. The summed E-state index contributed by atoms with van der Waals surface area (Å²) in [6, 6.07) is 2.90. The minimum atomic E-state index is -1.12. The van der Waals surface area contributed by atoms with Crippen molar-refractivity contribution < 1.29 is 14.7 Å². The molecular weight excluding hydrogens is 212 g/mol. The first-order chi connectivity index (χ1) is 7.68. The van der Waals surface area contributed by atoms with Crippen molar-refractivity contribution in [2.75, 3.05) is 5.43 Å². The number of rotatable bonds is 3. The molecule has 3 N–H and O–H groups in total. The standard InChI is InChI=1S/C9H8N4O3/c14-8(7-10-3-4-11-7)12-13-5-1-2-6(13)9(15)16/h1-5H,(H,10,11)(H,12,14)(H,15,16). The van der Waals surface area contributed by atoms with Gasteiger partial charge in [-0.1, -0.05) is 0 Å². The van der Waals surface area contributed by atoms with Crippen LogP contribution in [-0.2, 0) is 0 Å². The average Bonchev–Trinajstić information content (AvgIpc) is 2.86. The monoisotopic (exact) mass is 220 g/mol. The van der Waals surface area contributed by atoms with E-state index in [1.54, 1.807) is 0 Å². The number of hydrogen-bond donors (Lipinski definition) is 3. The van der Waals surface area contributed by atoms with Crippen molar-refractivity contribution in [3.05, 3.63) is 42.2 Å². The summed E-state index contributed by atoms with van der Waals surface area (Å²) in [7, 11) is 0. The lowest BCUT2D eigenvalue weighted by atomic mass is 10.4. The number of aromatic amines is 1. The molecule has 0 aromatic carbocycles. The maximum absolute atomic E-state index is 11.5. The molecular formula is C9H8N4O3. The van der Waals surface area contributed by atoms with E-state index < -0.39 is 11.9 Å². The Balaban J connectivity index is 2.18. The van der Waals surface area contributed by atoms with Gasteiger partial charge in [0.15, 0.2) is 5.82 Å². The van der Waals surface area contributed by atoms with Crippen LogP contribution in [0, 0.1) is 0 Å². The Labute approximate surface area is 89.7 Å². The normalized spacial score (nSPS) is 10.0. The number of amides is 1. The predicted molar refractivity (Wildman–Crippen MR) is 53.7 cm³/mol. The lowest BCUT2D eigenvalue weighted by molar-refractivity contribution is 0.0687. The molecule has 2 heterocycles. The summed E-state index contributed by atoms with van der Waals surface area (Å²) in [6.07, 6.45) is 4.37. The largest absolute Gasteiger partial charge is 0.477 e. The number of carboxylic acids is 1. The Morgan fingerprint density at radius 2 is 2.31 bits per heavy atom. The maximum Gasteiger partial charge on any atom is 0.354 e. The molecule has 0 radical (unpaired) electrons. The number of hydrogen-bond acceptors (Lipinski definition) is 3. The molecule has 0 aliphatic carbocycles. The molecule has 0 fully saturated rings. The zero-order valence-corrected chi connectivity index (χ0v) is 8.04. The van der Waals surface area contributed by atoms with Crippen LogP contribution < -0.4 is 5.43 Å². The van der Waals surface area contributed by atoms with Gasteiger partial charge in [0, 0.05) is 18.6 Å². The minimum absolute atomic E-state index is 0.0279. The van der Waals surface area contributed by atoms with Gasteiger partial charge in [0.05, 0.1) is 0 Å². The lowest BCUT2D eigenvalue weighted by Gasteiger charge is -2.06. The molecule has 0 unspecified atom stereocenters. The van der Waals surface area contributed by atoms with Gasteiger partial charge in [-0.25, -0.2) is 9.78 Å². The summed E-state index contributed by atoms with van der Waals surface area (Å²) in [5.74, 6) is -1.52. The molecule has 0 aliphatic heterocycles. The van der Waals surface area contributed by atoms with E-state index in [1.807, 2.05) is 0 Å². The third kappa shape index (κ3) is 1.78. The molecule has 7 heteroatoms. The number of imidazole rings is 1. The highest BCUT2D eigenvalue weighted by atomic mass is 16.4. The molecule has 1 amide bonds. The van der Waals surface area contributed by atoms with Gasteiger partial charge in [-0.2, -0.15) is 0 Å². The predicted octanol–water partition coefficient (Wildman–Crippen LogP) is 0.293. The van der Waals surface area contributed by atoms with Crippen LogP contribution in [0.15, 0.2) is 30.7 Å². The van der Waals surface area contributed by atoms with Gasteiger partial charge >= 0.3 is 11.9 Å². The van der Waals surface area contributed by atoms with Crippen LogP contribution in [0.3, 0.4) is 0 Å². The van der Waals surface area contributed by atoms with Crippen molar-refractivity contribution in [1.82, 2.24) is 14.6 Å². The van der Waals surface area contributed by atoms with Gasteiger partial charge in [-0.05, 0) is 12.1 Å². The average molecular weight is 220 g/mol. The summed E-state index contributed by atoms with van der Waals surface area (Å²) < 4.78 is 1.12. The van der Waals surface area contributed by atoms with Crippen molar-refractivity contribution in [3.8, 4) is 0 Å². The fraction of sp³-hybridized carbons (Fsp3) is 0. The Kier molecular flexibility index (Phi) is 2.42. The summed E-state index contributed by atoms with van der Waals surface area (Å²) in [6.45, 7) is 0. The van der Waals surface area contributed by atoms with Gasteiger partial charge in [0.2, 0.25) is 0 Å². The zero-order chi connectivity index (χ0) is 11.5. The molecule has 0 bridgehead atoms. The highest BCUT2D eigenvalue weighted by molar-refractivity contribution is 5.97. The first kappa shape index (κ1) is 9.97. The first-order valence-corrected chi connectivity index (χ1v) is 4.40. The second-order valence-corrected chi connectivity index (χ2v) is 2.95. The molecule has 0 saturated heterocycles. The number of aromatic carboxylic acids is 1. The lowest BCUT2D eigenvalue weighted by Crippen LogP contribution is -2.26. The molecule has 2 aromatic heterocycles. The minimum Gasteiger partial charge on any atom is -0.477 e. The van der Waals surface area contributed by atoms with Crippen LogP contribution in [0.25, 0.3) is 0 Å². The number of aromatic nitrogens is 3. The van der Waals surface area contributed by atoms with Crippen LogP contribution in [-0.4, -0.2) is 31.6 Å². The number of carboxylic acid groups (broad SMARTS) is 1. The van der Waals surface area contributed by atoms with Crippen molar-refractivity contribution in [2.24, 2.45) is 0 Å². The molecule has 2 aromatic rings. The van der Waals surface area contributed by atoms with Gasteiger partial charge in [-0.3, -0.25) is 14.9 Å².